The Morgan fingerprint density at radius 2 is 2.11 bits per heavy atom. The van der Waals surface area contributed by atoms with Gasteiger partial charge in [0.2, 0.25) is 0 Å². The Kier molecular flexibility index (Phi) is 5.92. The van der Waals surface area contributed by atoms with Crippen LogP contribution in [0, 0.1) is 12.7 Å². The molecule has 0 unspecified atom stereocenters. The maximum Gasteiger partial charge on any atom is 0.161 e. The second kappa shape index (κ2) is 7.21. The molecule has 4 nitrogen and oxygen atoms in total. The van der Waals surface area contributed by atoms with Crippen LogP contribution in [-0.2, 0) is 4.74 Å². The predicted molar refractivity (Wildman–Crippen MR) is 72.3 cm³/mol. The molecule has 1 aromatic rings. The van der Waals surface area contributed by atoms with Crippen molar-refractivity contribution in [2.75, 3.05) is 38.3 Å². The van der Waals surface area contributed by atoms with E-state index in [9.17, 15) is 9.18 Å². The number of hydrogen-bond donors (Lipinski definition) is 1. The van der Waals surface area contributed by atoms with Crippen molar-refractivity contribution in [2.24, 2.45) is 0 Å². The molecule has 1 rings (SSSR count). The highest BCUT2D eigenvalue weighted by Crippen LogP contribution is 2.25. The van der Waals surface area contributed by atoms with Gasteiger partial charge >= 0.3 is 0 Å². The van der Waals surface area contributed by atoms with Crippen LogP contribution in [0.15, 0.2) is 12.1 Å². The standard InChI is InChI=1S/C14H20FNO3/c1-10-8-14(12(11(2)18)9-13(10)15)16(4-6-17)5-7-19-3/h8-9,17H,4-7H2,1-3H3. The maximum absolute atomic E-state index is 13.6. The molecule has 0 amide bonds. The van der Waals surface area contributed by atoms with Crippen LogP contribution in [-0.4, -0.2) is 44.3 Å². The summed E-state index contributed by atoms with van der Waals surface area (Å²) in [7, 11) is 1.58. The summed E-state index contributed by atoms with van der Waals surface area (Å²) in [5.74, 6) is -0.598. The molecule has 0 aromatic heterocycles. The van der Waals surface area contributed by atoms with Crippen LogP contribution in [0.2, 0.25) is 0 Å². The molecule has 0 aliphatic rings. The lowest BCUT2D eigenvalue weighted by molar-refractivity contribution is 0.101. The molecule has 0 radical (unpaired) electrons. The largest absolute Gasteiger partial charge is 0.395 e. The number of aliphatic hydroxyl groups is 1. The zero-order valence-electron chi connectivity index (χ0n) is 11.6. The van der Waals surface area contributed by atoms with Crippen LogP contribution in [0.4, 0.5) is 10.1 Å². The monoisotopic (exact) mass is 269 g/mol. The summed E-state index contributed by atoms with van der Waals surface area (Å²) in [4.78, 5) is 13.5. The van der Waals surface area contributed by atoms with Gasteiger partial charge < -0.3 is 14.7 Å². The summed E-state index contributed by atoms with van der Waals surface area (Å²) in [6.45, 7) is 4.37. The molecular formula is C14H20FNO3. The number of aliphatic hydroxyl groups excluding tert-OH is 1. The number of rotatable bonds is 7. The van der Waals surface area contributed by atoms with E-state index in [0.717, 1.165) is 0 Å². The molecule has 1 aromatic carbocycles. The quantitative estimate of drug-likeness (QED) is 0.767. The molecule has 106 valence electrons. The third-order valence-corrected chi connectivity index (χ3v) is 2.93. The highest BCUT2D eigenvalue weighted by atomic mass is 19.1. The molecule has 0 heterocycles. The number of Topliss-reactive ketones (excluding diaryl/α,β-unsaturated/α-hetero) is 1. The van der Waals surface area contributed by atoms with Gasteiger partial charge in [0.25, 0.3) is 0 Å². The van der Waals surface area contributed by atoms with Gasteiger partial charge in [-0.3, -0.25) is 4.79 Å². The van der Waals surface area contributed by atoms with Crippen LogP contribution in [0.5, 0.6) is 0 Å². The first-order valence-corrected chi connectivity index (χ1v) is 6.17. The number of hydrogen-bond acceptors (Lipinski definition) is 4. The maximum atomic E-state index is 13.6. The van der Waals surface area contributed by atoms with E-state index in [0.29, 0.717) is 36.5 Å². The topological polar surface area (TPSA) is 49.8 Å². The Labute approximate surface area is 112 Å². The molecule has 5 heteroatoms. The van der Waals surface area contributed by atoms with Crippen LogP contribution in [0.25, 0.3) is 0 Å². The molecule has 0 saturated heterocycles. The van der Waals surface area contributed by atoms with E-state index in [4.69, 9.17) is 9.84 Å². The van der Waals surface area contributed by atoms with E-state index in [2.05, 4.69) is 0 Å². The lowest BCUT2D eigenvalue weighted by atomic mass is 10.0. The fourth-order valence-electron chi connectivity index (χ4n) is 1.88. The molecule has 0 atom stereocenters. The van der Waals surface area contributed by atoms with Gasteiger partial charge in [-0.25, -0.2) is 4.39 Å². The molecule has 0 saturated carbocycles. The van der Waals surface area contributed by atoms with Crippen molar-refractivity contribution < 1.29 is 19.0 Å². The summed E-state index contributed by atoms with van der Waals surface area (Å²) in [6.07, 6.45) is 0. The highest BCUT2D eigenvalue weighted by molar-refractivity contribution is 5.99. The van der Waals surface area contributed by atoms with Crippen LogP contribution in [0.1, 0.15) is 22.8 Å². The first-order valence-electron chi connectivity index (χ1n) is 6.17. The van der Waals surface area contributed by atoms with Crippen molar-refractivity contribution in [3.8, 4) is 0 Å². The Balaban J connectivity index is 3.19. The second-order valence-electron chi connectivity index (χ2n) is 4.38. The fourth-order valence-corrected chi connectivity index (χ4v) is 1.88. The highest BCUT2D eigenvalue weighted by Gasteiger charge is 2.16. The van der Waals surface area contributed by atoms with E-state index in [1.165, 1.54) is 13.0 Å². The number of aryl methyl sites for hydroxylation is 1. The number of ether oxygens (including phenoxy) is 1. The number of benzene rings is 1. The van der Waals surface area contributed by atoms with Gasteiger partial charge in [0.05, 0.1) is 13.2 Å². The average Bonchev–Trinajstić information content (AvgIpc) is 2.37. The third-order valence-electron chi connectivity index (χ3n) is 2.93. The van der Waals surface area contributed by atoms with Gasteiger partial charge in [-0.1, -0.05) is 0 Å². The van der Waals surface area contributed by atoms with E-state index in [1.807, 2.05) is 4.90 Å². The summed E-state index contributed by atoms with van der Waals surface area (Å²) in [5, 5.41) is 9.11. The summed E-state index contributed by atoms with van der Waals surface area (Å²) in [5.41, 5.74) is 1.44. The lowest BCUT2D eigenvalue weighted by Crippen LogP contribution is -2.31. The van der Waals surface area contributed by atoms with Crippen LogP contribution in [0.3, 0.4) is 0 Å². The Morgan fingerprint density at radius 3 is 2.63 bits per heavy atom. The van der Waals surface area contributed by atoms with E-state index >= 15 is 0 Å². The molecule has 0 aliphatic heterocycles. The summed E-state index contributed by atoms with van der Waals surface area (Å²) >= 11 is 0. The number of halogens is 1. The predicted octanol–water partition coefficient (Wildman–Crippen LogP) is 1.78. The van der Waals surface area contributed by atoms with Gasteiger partial charge in [-0.2, -0.15) is 0 Å². The summed E-state index contributed by atoms with van der Waals surface area (Å²) < 4.78 is 18.6. The Hall–Kier alpha value is -1.46. The van der Waals surface area contributed by atoms with Crippen LogP contribution < -0.4 is 4.90 Å². The first-order chi connectivity index (χ1) is 9.01. The third kappa shape index (κ3) is 4.01. The first kappa shape index (κ1) is 15.6. The zero-order chi connectivity index (χ0) is 14.4. The summed E-state index contributed by atoms with van der Waals surface area (Å²) in [6, 6.07) is 2.89. The van der Waals surface area contributed by atoms with E-state index in [-0.39, 0.29) is 12.4 Å². The van der Waals surface area contributed by atoms with Gasteiger partial charge in [-0.05, 0) is 31.5 Å². The van der Waals surface area contributed by atoms with Gasteiger partial charge in [0.15, 0.2) is 5.78 Å². The molecular weight excluding hydrogens is 249 g/mol. The molecule has 19 heavy (non-hydrogen) atoms. The number of carbonyl (C=O) groups is 1. The Morgan fingerprint density at radius 1 is 1.42 bits per heavy atom. The Bertz CT molecular complexity index is 449. The SMILES string of the molecule is COCCN(CCO)c1cc(C)c(F)cc1C(C)=O. The number of carbonyl (C=O) groups excluding carboxylic acids is 1. The molecule has 0 spiro atoms. The van der Waals surface area contributed by atoms with Gasteiger partial charge in [-0.15, -0.1) is 0 Å². The zero-order valence-corrected chi connectivity index (χ0v) is 11.6. The number of anilines is 1. The van der Waals surface area contributed by atoms with E-state index in [1.54, 1.807) is 20.1 Å². The van der Waals surface area contributed by atoms with Crippen molar-refractivity contribution in [3.63, 3.8) is 0 Å². The van der Waals surface area contributed by atoms with Crippen molar-refractivity contribution in [3.05, 3.63) is 29.1 Å². The van der Waals surface area contributed by atoms with Crippen molar-refractivity contribution in [1.29, 1.82) is 0 Å². The van der Waals surface area contributed by atoms with Gasteiger partial charge in [0, 0.05) is 31.5 Å². The second-order valence-corrected chi connectivity index (χ2v) is 4.38. The molecule has 0 aliphatic carbocycles. The average molecular weight is 269 g/mol. The normalized spacial score (nSPS) is 10.6. The van der Waals surface area contributed by atoms with Crippen molar-refractivity contribution in [1.82, 2.24) is 0 Å². The van der Waals surface area contributed by atoms with Crippen LogP contribution >= 0.6 is 0 Å². The molecule has 0 fully saturated rings. The van der Waals surface area contributed by atoms with Crippen molar-refractivity contribution >= 4 is 11.5 Å². The number of nitrogens with zero attached hydrogens (tertiary/aromatic N) is 1. The van der Waals surface area contributed by atoms with Crippen molar-refractivity contribution in [2.45, 2.75) is 13.8 Å². The fraction of sp³-hybridized carbons (Fsp3) is 0.500. The lowest BCUT2D eigenvalue weighted by Gasteiger charge is -2.26. The minimum Gasteiger partial charge on any atom is -0.395 e. The molecule has 0 bridgehead atoms. The van der Waals surface area contributed by atoms with E-state index < -0.39 is 5.82 Å². The number of methoxy groups -OCH3 is 1. The minimum atomic E-state index is -0.398. The molecule has 1 N–H and O–H groups in total. The smallest absolute Gasteiger partial charge is 0.161 e. The minimum absolute atomic E-state index is 0.0442. The van der Waals surface area contributed by atoms with Gasteiger partial charge in [0.1, 0.15) is 5.82 Å². The number of ketones is 1.